The Balaban J connectivity index is 2.15. The highest BCUT2D eigenvalue weighted by molar-refractivity contribution is 5.81. The van der Waals surface area contributed by atoms with Gasteiger partial charge in [-0.15, -0.1) is 0 Å². The summed E-state index contributed by atoms with van der Waals surface area (Å²) in [6.45, 7) is 9.53. The van der Waals surface area contributed by atoms with Crippen LogP contribution in [-0.4, -0.2) is 24.5 Å². The Morgan fingerprint density at radius 2 is 2.05 bits per heavy atom. The van der Waals surface area contributed by atoms with Gasteiger partial charge in [0.2, 0.25) is 5.91 Å². The van der Waals surface area contributed by atoms with Gasteiger partial charge in [0.1, 0.15) is 0 Å². The van der Waals surface area contributed by atoms with Gasteiger partial charge in [-0.1, -0.05) is 39.5 Å². The summed E-state index contributed by atoms with van der Waals surface area (Å²) in [5, 5.41) is 6.45. The zero-order chi connectivity index (χ0) is 15.0. The first-order valence-corrected chi connectivity index (χ1v) is 8.56. The van der Waals surface area contributed by atoms with Crippen molar-refractivity contribution in [2.75, 3.05) is 6.54 Å². The smallest absolute Gasteiger partial charge is 0.237 e. The molecule has 20 heavy (non-hydrogen) atoms. The first-order valence-electron chi connectivity index (χ1n) is 8.56. The maximum Gasteiger partial charge on any atom is 0.237 e. The van der Waals surface area contributed by atoms with Crippen LogP contribution in [0.4, 0.5) is 0 Å². The highest BCUT2D eigenvalue weighted by Gasteiger charge is 2.19. The molecule has 1 saturated carbocycles. The molecule has 0 aromatic heterocycles. The van der Waals surface area contributed by atoms with E-state index in [0.29, 0.717) is 0 Å². The van der Waals surface area contributed by atoms with E-state index >= 15 is 0 Å². The molecule has 0 radical (unpaired) electrons. The maximum absolute atomic E-state index is 12.0. The summed E-state index contributed by atoms with van der Waals surface area (Å²) < 4.78 is 0. The van der Waals surface area contributed by atoms with Crippen LogP contribution in [0.25, 0.3) is 0 Å². The molecule has 4 atom stereocenters. The highest BCUT2D eigenvalue weighted by Crippen LogP contribution is 2.30. The van der Waals surface area contributed by atoms with Crippen LogP contribution in [0.15, 0.2) is 0 Å². The average Bonchev–Trinajstić information content (AvgIpc) is 2.38. The molecule has 3 heteroatoms. The lowest BCUT2D eigenvalue weighted by Gasteiger charge is -2.27. The van der Waals surface area contributed by atoms with Gasteiger partial charge in [-0.25, -0.2) is 0 Å². The van der Waals surface area contributed by atoms with E-state index < -0.39 is 0 Å². The first-order chi connectivity index (χ1) is 9.52. The van der Waals surface area contributed by atoms with Crippen LogP contribution in [0.3, 0.4) is 0 Å². The lowest BCUT2D eigenvalue weighted by Crippen LogP contribution is -2.45. The van der Waals surface area contributed by atoms with Crippen LogP contribution in [0, 0.1) is 11.8 Å². The Bertz CT molecular complexity index is 280. The zero-order valence-corrected chi connectivity index (χ0v) is 13.9. The van der Waals surface area contributed by atoms with Crippen molar-refractivity contribution in [2.24, 2.45) is 11.8 Å². The molecule has 1 aliphatic rings. The van der Waals surface area contributed by atoms with Gasteiger partial charge in [-0.05, 0) is 51.5 Å². The average molecular weight is 282 g/mol. The lowest BCUT2D eigenvalue weighted by molar-refractivity contribution is -0.123. The largest absolute Gasteiger partial charge is 0.352 e. The summed E-state index contributed by atoms with van der Waals surface area (Å²) in [6, 6.07) is 0.214. The van der Waals surface area contributed by atoms with Crippen LogP contribution in [0.2, 0.25) is 0 Å². The standard InChI is InChI=1S/C17H34N2O/c1-5-7-14(3)19-17(20)15(4)18-11-10-16-9-6-8-13(2)12-16/h13-16,18H,5-12H2,1-4H3,(H,19,20). The predicted octanol–water partition coefficient (Wildman–Crippen LogP) is 3.49. The highest BCUT2D eigenvalue weighted by atomic mass is 16.2. The van der Waals surface area contributed by atoms with E-state index in [4.69, 9.17) is 0 Å². The van der Waals surface area contributed by atoms with E-state index in [9.17, 15) is 4.79 Å². The lowest BCUT2D eigenvalue weighted by atomic mass is 9.81. The van der Waals surface area contributed by atoms with E-state index in [1.54, 1.807) is 0 Å². The normalized spacial score (nSPS) is 26.0. The molecular weight excluding hydrogens is 248 g/mol. The summed E-state index contributed by atoms with van der Waals surface area (Å²) in [5.41, 5.74) is 0. The summed E-state index contributed by atoms with van der Waals surface area (Å²) in [6.07, 6.45) is 8.92. The van der Waals surface area contributed by atoms with Crippen molar-refractivity contribution in [3.63, 3.8) is 0 Å². The number of hydrogen-bond acceptors (Lipinski definition) is 2. The van der Waals surface area contributed by atoms with Gasteiger partial charge in [0.05, 0.1) is 6.04 Å². The van der Waals surface area contributed by atoms with Gasteiger partial charge in [0.15, 0.2) is 0 Å². The van der Waals surface area contributed by atoms with Gasteiger partial charge < -0.3 is 10.6 Å². The van der Waals surface area contributed by atoms with Gasteiger partial charge in [-0.2, -0.15) is 0 Å². The number of carbonyl (C=O) groups excluding carboxylic acids is 1. The Kier molecular flexibility index (Phi) is 8.20. The monoisotopic (exact) mass is 282 g/mol. The van der Waals surface area contributed by atoms with Gasteiger partial charge in [0.25, 0.3) is 0 Å². The summed E-state index contributed by atoms with van der Waals surface area (Å²) in [4.78, 5) is 12.0. The third kappa shape index (κ3) is 6.74. The number of amides is 1. The molecule has 0 aliphatic heterocycles. The molecule has 4 unspecified atom stereocenters. The van der Waals surface area contributed by atoms with E-state index in [1.807, 2.05) is 6.92 Å². The van der Waals surface area contributed by atoms with E-state index in [2.05, 4.69) is 31.4 Å². The van der Waals surface area contributed by atoms with Crippen molar-refractivity contribution >= 4 is 5.91 Å². The molecule has 1 amide bonds. The van der Waals surface area contributed by atoms with Crippen molar-refractivity contribution in [2.45, 2.75) is 84.7 Å². The number of rotatable bonds is 8. The Morgan fingerprint density at radius 1 is 1.30 bits per heavy atom. The van der Waals surface area contributed by atoms with E-state index in [0.717, 1.165) is 31.2 Å². The van der Waals surface area contributed by atoms with Crippen molar-refractivity contribution in [1.82, 2.24) is 10.6 Å². The quantitative estimate of drug-likeness (QED) is 0.715. The minimum atomic E-state index is -0.0738. The molecule has 118 valence electrons. The maximum atomic E-state index is 12.0. The molecule has 0 spiro atoms. The third-order valence-electron chi connectivity index (χ3n) is 4.55. The number of hydrogen-bond donors (Lipinski definition) is 2. The molecule has 3 nitrogen and oxygen atoms in total. The molecule has 1 rings (SSSR count). The molecule has 0 aromatic rings. The Hall–Kier alpha value is -0.570. The Morgan fingerprint density at radius 3 is 2.70 bits per heavy atom. The van der Waals surface area contributed by atoms with Crippen molar-refractivity contribution in [3.05, 3.63) is 0 Å². The summed E-state index contributed by atoms with van der Waals surface area (Å²) in [5.74, 6) is 1.90. The van der Waals surface area contributed by atoms with Gasteiger partial charge >= 0.3 is 0 Å². The fraction of sp³-hybridized carbons (Fsp3) is 0.941. The van der Waals surface area contributed by atoms with Crippen LogP contribution >= 0.6 is 0 Å². The van der Waals surface area contributed by atoms with Crippen molar-refractivity contribution in [1.29, 1.82) is 0 Å². The second-order valence-electron chi connectivity index (χ2n) is 6.80. The molecule has 0 bridgehead atoms. The number of nitrogens with one attached hydrogen (secondary N) is 2. The van der Waals surface area contributed by atoms with Crippen LogP contribution in [0.1, 0.15) is 72.6 Å². The number of carbonyl (C=O) groups is 1. The molecule has 2 N–H and O–H groups in total. The Labute approximate surface area is 125 Å². The second-order valence-corrected chi connectivity index (χ2v) is 6.80. The predicted molar refractivity (Wildman–Crippen MR) is 85.7 cm³/mol. The summed E-state index contributed by atoms with van der Waals surface area (Å²) in [7, 11) is 0. The molecular formula is C17H34N2O. The van der Waals surface area contributed by atoms with E-state index in [-0.39, 0.29) is 18.0 Å². The fourth-order valence-electron chi connectivity index (χ4n) is 3.29. The van der Waals surface area contributed by atoms with Crippen molar-refractivity contribution < 1.29 is 4.79 Å². The fourth-order valence-corrected chi connectivity index (χ4v) is 3.29. The SMILES string of the molecule is CCCC(C)NC(=O)C(C)NCCC1CCCC(C)C1. The van der Waals surface area contributed by atoms with Gasteiger partial charge in [-0.3, -0.25) is 4.79 Å². The molecule has 0 aromatic carbocycles. The molecule has 1 fully saturated rings. The van der Waals surface area contributed by atoms with Crippen LogP contribution in [-0.2, 0) is 4.79 Å². The van der Waals surface area contributed by atoms with Crippen molar-refractivity contribution in [3.8, 4) is 0 Å². The molecule has 0 heterocycles. The zero-order valence-electron chi connectivity index (χ0n) is 13.9. The minimum absolute atomic E-state index is 0.0738. The van der Waals surface area contributed by atoms with E-state index in [1.165, 1.54) is 32.1 Å². The first kappa shape index (κ1) is 17.5. The van der Waals surface area contributed by atoms with Gasteiger partial charge in [0, 0.05) is 6.04 Å². The van der Waals surface area contributed by atoms with Crippen LogP contribution < -0.4 is 10.6 Å². The topological polar surface area (TPSA) is 41.1 Å². The molecule has 1 aliphatic carbocycles. The minimum Gasteiger partial charge on any atom is -0.352 e. The van der Waals surface area contributed by atoms with Crippen LogP contribution in [0.5, 0.6) is 0 Å². The summed E-state index contributed by atoms with van der Waals surface area (Å²) >= 11 is 0. The molecule has 0 saturated heterocycles. The third-order valence-corrected chi connectivity index (χ3v) is 4.55. The second kappa shape index (κ2) is 9.38.